The van der Waals surface area contributed by atoms with Crippen LogP contribution in [0.3, 0.4) is 0 Å². The van der Waals surface area contributed by atoms with E-state index in [0.717, 1.165) is 0 Å². The molecule has 0 fully saturated rings. The van der Waals surface area contributed by atoms with Crippen molar-refractivity contribution >= 4 is 21.7 Å². The molecule has 0 radical (unpaired) electrons. The predicted octanol–water partition coefficient (Wildman–Crippen LogP) is 1.31. The molecule has 9 heteroatoms. The summed E-state index contributed by atoms with van der Waals surface area (Å²) in [6.07, 6.45) is 1.04. The highest BCUT2D eigenvalue weighted by molar-refractivity contribution is 7.89. The molecule has 1 aromatic rings. The van der Waals surface area contributed by atoms with Gasteiger partial charge in [0.1, 0.15) is 6.04 Å². The molecule has 0 amide bonds. The lowest BCUT2D eigenvalue weighted by atomic mass is 10.1. The second kappa shape index (κ2) is 7.85. The Kier molecular flexibility index (Phi) is 6.44. The molecule has 0 aromatic heterocycles. The molecule has 0 aliphatic carbocycles. The Hall–Kier alpha value is -2.00. The summed E-state index contributed by atoms with van der Waals surface area (Å²) >= 11 is 0. The van der Waals surface area contributed by atoms with Gasteiger partial charge in [0, 0.05) is 12.1 Å². The van der Waals surface area contributed by atoms with E-state index in [4.69, 9.17) is 5.11 Å². The fourth-order valence-electron chi connectivity index (χ4n) is 1.78. The van der Waals surface area contributed by atoms with Crippen molar-refractivity contribution in [1.82, 2.24) is 4.72 Å². The van der Waals surface area contributed by atoms with Gasteiger partial charge in [0.05, 0.1) is 10.7 Å². The number of benzene rings is 1. The minimum absolute atomic E-state index is 0.0846. The van der Waals surface area contributed by atoms with E-state index in [9.17, 15) is 23.3 Å². The van der Waals surface area contributed by atoms with Crippen molar-refractivity contribution in [3.05, 3.63) is 39.9 Å². The number of nitrogens with one attached hydrogen (secondary N) is 1. The normalized spacial score (nSPS) is 12.8. The average molecular weight is 330 g/mol. The first kappa shape index (κ1) is 18.1. The molecule has 0 aliphatic rings. The quantitative estimate of drug-likeness (QED) is 0.519. The van der Waals surface area contributed by atoms with Crippen LogP contribution in [0.1, 0.15) is 25.3 Å². The van der Waals surface area contributed by atoms with Crippen LogP contribution in [0.5, 0.6) is 0 Å². The molecule has 0 aliphatic heterocycles. The lowest BCUT2D eigenvalue weighted by Gasteiger charge is -2.14. The zero-order valence-electron chi connectivity index (χ0n) is 12.1. The largest absolute Gasteiger partial charge is 0.480 e. The fraction of sp³-hybridized carbons (Fsp3) is 0.462. The minimum atomic E-state index is -3.67. The number of rotatable bonds is 9. The first-order valence-corrected chi connectivity index (χ1v) is 8.36. The van der Waals surface area contributed by atoms with Crippen molar-refractivity contribution in [1.29, 1.82) is 0 Å². The number of non-ortho nitro benzene ring substituents is 1. The minimum Gasteiger partial charge on any atom is -0.480 e. The van der Waals surface area contributed by atoms with Crippen molar-refractivity contribution in [3.8, 4) is 0 Å². The van der Waals surface area contributed by atoms with Crippen molar-refractivity contribution in [2.24, 2.45) is 0 Å². The van der Waals surface area contributed by atoms with Crippen molar-refractivity contribution in [3.63, 3.8) is 0 Å². The van der Waals surface area contributed by atoms with E-state index in [1.54, 1.807) is 0 Å². The summed E-state index contributed by atoms with van der Waals surface area (Å²) in [5.41, 5.74) is 0.385. The van der Waals surface area contributed by atoms with E-state index in [1.807, 2.05) is 6.92 Å². The summed E-state index contributed by atoms with van der Waals surface area (Å²) in [6.45, 7) is 1.83. The maximum atomic E-state index is 11.8. The van der Waals surface area contributed by atoms with E-state index in [-0.39, 0.29) is 17.9 Å². The summed E-state index contributed by atoms with van der Waals surface area (Å²) in [5.74, 6) is -1.42. The summed E-state index contributed by atoms with van der Waals surface area (Å²) < 4.78 is 25.7. The summed E-state index contributed by atoms with van der Waals surface area (Å²) in [5, 5.41) is 19.7. The predicted molar refractivity (Wildman–Crippen MR) is 80.1 cm³/mol. The van der Waals surface area contributed by atoms with E-state index >= 15 is 0 Å². The lowest BCUT2D eigenvalue weighted by Crippen LogP contribution is -2.43. The first-order valence-electron chi connectivity index (χ1n) is 6.71. The first-order chi connectivity index (χ1) is 10.2. The molecule has 0 saturated carbocycles. The van der Waals surface area contributed by atoms with Gasteiger partial charge in [-0.25, -0.2) is 13.1 Å². The Morgan fingerprint density at radius 2 is 1.95 bits per heavy atom. The Bertz CT molecular complexity index is 626. The number of hydrogen-bond donors (Lipinski definition) is 2. The maximum Gasteiger partial charge on any atom is 0.322 e. The van der Waals surface area contributed by atoms with Crippen LogP contribution in [-0.2, 0) is 21.2 Å². The number of nitrogens with zero attached hydrogens (tertiary/aromatic N) is 1. The average Bonchev–Trinajstić information content (AvgIpc) is 2.44. The molecule has 22 heavy (non-hydrogen) atoms. The van der Waals surface area contributed by atoms with Crippen molar-refractivity contribution < 1.29 is 23.2 Å². The van der Waals surface area contributed by atoms with Gasteiger partial charge in [0.2, 0.25) is 10.0 Å². The Morgan fingerprint density at radius 1 is 1.36 bits per heavy atom. The molecule has 0 unspecified atom stereocenters. The summed E-state index contributed by atoms with van der Waals surface area (Å²) in [6, 6.07) is 4.02. The number of carboxylic acid groups (broad SMARTS) is 1. The van der Waals surface area contributed by atoms with Gasteiger partial charge in [-0.05, 0) is 18.4 Å². The van der Waals surface area contributed by atoms with Gasteiger partial charge in [0.25, 0.3) is 5.69 Å². The lowest BCUT2D eigenvalue weighted by molar-refractivity contribution is -0.384. The van der Waals surface area contributed by atoms with Gasteiger partial charge in [-0.2, -0.15) is 0 Å². The van der Waals surface area contributed by atoms with Gasteiger partial charge in [-0.3, -0.25) is 14.9 Å². The monoisotopic (exact) mass is 330 g/mol. The Balaban J connectivity index is 2.80. The number of nitro benzene ring substituents is 1. The molecular formula is C13H18N2O6S. The smallest absolute Gasteiger partial charge is 0.322 e. The van der Waals surface area contributed by atoms with E-state index in [2.05, 4.69) is 4.72 Å². The van der Waals surface area contributed by atoms with E-state index < -0.39 is 27.0 Å². The molecule has 0 saturated heterocycles. The number of aliphatic carboxylic acids is 1. The zero-order valence-corrected chi connectivity index (χ0v) is 12.9. The number of carboxylic acids is 1. The molecule has 0 spiro atoms. The zero-order chi connectivity index (χ0) is 16.8. The Morgan fingerprint density at radius 3 is 2.41 bits per heavy atom. The molecule has 8 nitrogen and oxygen atoms in total. The fourth-order valence-corrected chi connectivity index (χ4v) is 3.18. The topological polar surface area (TPSA) is 127 Å². The third-order valence-corrected chi connectivity index (χ3v) is 4.44. The molecule has 1 atom stereocenters. The summed E-state index contributed by atoms with van der Waals surface area (Å²) in [4.78, 5) is 21.2. The number of nitro groups is 1. The second-order valence-corrected chi connectivity index (χ2v) is 6.68. The maximum absolute atomic E-state index is 11.8. The number of hydrogen-bond acceptors (Lipinski definition) is 5. The van der Waals surface area contributed by atoms with Crippen LogP contribution in [0, 0.1) is 10.1 Å². The number of sulfonamides is 1. The third kappa shape index (κ3) is 5.78. The van der Waals surface area contributed by atoms with Crippen LogP contribution in [0.15, 0.2) is 24.3 Å². The molecule has 0 heterocycles. The number of carbonyl (C=O) groups is 1. The highest BCUT2D eigenvalue weighted by Gasteiger charge is 2.24. The summed E-state index contributed by atoms with van der Waals surface area (Å²) in [7, 11) is -3.67. The SMILES string of the molecule is CCCCS(=O)(=O)N[C@@H](Cc1ccc([N+](=O)[O-])cc1)C(=O)O. The van der Waals surface area contributed by atoms with Gasteiger partial charge in [-0.1, -0.05) is 25.5 Å². The molecule has 1 rings (SSSR count). The van der Waals surface area contributed by atoms with Crippen molar-refractivity contribution in [2.75, 3.05) is 5.75 Å². The van der Waals surface area contributed by atoms with Gasteiger partial charge >= 0.3 is 5.97 Å². The van der Waals surface area contributed by atoms with Crippen LogP contribution < -0.4 is 4.72 Å². The highest BCUT2D eigenvalue weighted by Crippen LogP contribution is 2.13. The van der Waals surface area contributed by atoms with Crippen LogP contribution >= 0.6 is 0 Å². The van der Waals surface area contributed by atoms with Gasteiger partial charge < -0.3 is 5.11 Å². The molecule has 2 N–H and O–H groups in total. The van der Waals surface area contributed by atoms with E-state index in [1.165, 1.54) is 24.3 Å². The highest BCUT2D eigenvalue weighted by atomic mass is 32.2. The number of unbranched alkanes of at least 4 members (excludes halogenated alkanes) is 1. The van der Waals surface area contributed by atoms with E-state index in [0.29, 0.717) is 18.4 Å². The van der Waals surface area contributed by atoms with Crippen LogP contribution in [-0.4, -0.2) is 36.2 Å². The van der Waals surface area contributed by atoms with Gasteiger partial charge in [-0.15, -0.1) is 0 Å². The molecular weight excluding hydrogens is 312 g/mol. The van der Waals surface area contributed by atoms with Gasteiger partial charge in [0.15, 0.2) is 0 Å². The third-order valence-electron chi connectivity index (χ3n) is 2.97. The standard InChI is InChI=1S/C13H18N2O6S/c1-2-3-8-22(20,21)14-12(13(16)17)9-10-4-6-11(7-5-10)15(18)19/h4-7,12,14H,2-3,8-9H2,1H3,(H,16,17)/t12-/m0/s1. The molecule has 0 bridgehead atoms. The second-order valence-electron chi connectivity index (χ2n) is 4.81. The van der Waals surface area contributed by atoms with Crippen LogP contribution in [0.4, 0.5) is 5.69 Å². The molecule has 1 aromatic carbocycles. The van der Waals surface area contributed by atoms with Crippen LogP contribution in [0.25, 0.3) is 0 Å². The molecule has 122 valence electrons. The van der Waals surface area contributed by atoms with Crippen molar-refractivity contribution in [2.45, 2.75) is 32.2 Å². The van der Waals surface area contributed by atoms with Crippen LogP contribution in [0.2, 0.25) is 0 Å². The Labute approximate surface area is 128 Å².